The van der Waals surface area contributed by atoms with Crippen LogP contribution in [0.3, 0.4) is 0 Å². The Hall–Kier alpha value is -0.450. The molecule has 0 aromatic carbocycles. The molecule has 1 aromatic heterocycles. The van der Waals surface area contributed by atoms with Crippen LogP contribution in [0.1, 0.15) is 25.3 Å². The Morgan fingerprint density at radius 1 is 1.50 bits per heavy atom. The van der Waals surface area contributed by atoms with E-state index in [1.807, 2.05) is 6.20 Å². The largest absolute Gasteiger partial charge is 0.396 e. The van der Waals surface area contributed by atoms with Gasteiger partial charge in [0.05, 0.1) is 0 Å². The number of pyridine rings is 1. The topological polar surface area (TPSA) is 45.1 Å². The summed E-state index contributed by atoms with van der Waals surface area (Å²) in [6.07, 6.45) is 5.82. The fourth-order valence-corrected chi connectivity index (χ4v) is 1.86. The lowest BCUT2D eigenvalue weighted by molar-refractivity contribution is 0.228. The third-order valence-corrected chi connectivity index (χ3v) is 2.89. The minimum Gasteiger partial charge on any atom is -0.396 e. The third-order valence-electron chi connectivity index (χ3n) is 2.45. The van der Waals surface area contributed by atoms with Gasteiger partial charge in [-0.3, -0.25) is 4.98 Å². The third kappa shape index (κ3) is 5.58. The first-order chi connectivity index (χ1) is 7.72. The van der Waals surface area contributed by atoms with Crippen LogP contribution in [0.15, 0.2) is 22.9 Å². The molecule has 4 heteroatoms. The van der Waals surface area contributed by atoms with Gasteiger partial charge in [0.25, 0.3) is 0 Å². The lowest BCUT2D eigenvalue weighted by Gasteiger charge is -2.08. The molecule has 3 nitrogen and oxygen atoms in total. The molecule has 1 rings (SSSR count). The summed E-state index contributed by atoms with van der Waals surface area (Å²) in [6, 6.07) is 2.07. The highest BCUT2D eigenvalue weighted by Gasteiger charge is 1.99. The van der Waals surface area contributed by atoms with E-state index in [1.54, 1.807) is 6.20 Å². The molecule has 1 atom stereocenters. The van der Waals surface area contributed by atoms with Crippen molar-refractivity contribution in [3.8, 4) is 0 Å². The number of nitrogens with one attached hydrogen (secondary N) is 1. The predicted octanol–water partition coefficient (Wildman–Crippen LogP) is 2.34. The van der Waals surface area contributed by atoms with Crippen molar-refractivity contribution in [2.45, 2.75) is 26.3 Å². The Morgan fingerprint density at radius 3 is 3.00 bits per heavy atom. The molecule has 0 bridgehead atoms. The average Bonchev–Trinajstić information content (AvgIpc) is 2.28. The van der Waals surface area contributed by atoms with Gasteiger partial charge in [0.15, 0.2) is 0 Å². The van der Waals surface area contributed by atoms with Crippen molar-refractivity contribution in [1.29, 1.82) is 0 Å². The van der Waals surface area contributed by atoms with Gasteiger partial charge in [-0.2, -0.15) is 0 Å². The number of nitrogens with zero attached hydrogens (tertiary/aromatic N) is 1. The molecule has 0 aliphatic heterocycles. The molecule has 1 heterocycles. The fraction of sp³-hybridized carbons (Fsp3) is 0.583. The quantitative estimate of drug-likeness (QED) is 0.757. The highest BCUT2D eigenvalue weighted by Crippen LogP contribution is 2.09. The molecule has 0 radical (unpaired) electrons. The van der Waals surface area contributed by atoms with E-state index in [0.29, 0.717) is 5.92 Å². The molecule has 2 N–H and O–H groups in total. The van der Waals surface area contributed by atoms with E-state index in [0.717, 1.165) is 30.4 Å². The summed E-state index contributed by atoms with van der Waals surface area (Å²) in [5, 5.41) is 12.2. The van der Waals surface area contributed by atoms with Gasteiger partial charge in [-0.05, 0) is 52.9 Å². The van der Waals surface area contributed by atoms with Crippen LogP contribution in [-0.2, 0) is 6.54 Å². The summed E-state index contributed by atoms with van der Waals surface area (Å²) in [7, 11) is 0. The molecule has 0 saturated heterocycles. The van der Waals surface area contributed by atoms with E-state index < -0.39 is 0 Å². The maximum atomic E-state index is 8.87. The molecule has 1 unspecified atom stereocenters. The predicted molar refractivity (Wildman–Crippen MR) is 69.1 cm³/mol. The van der Waals surface area contributed by atoms with Gasteiger partial charge in [0.2, 0.25) is 0 Å². The SMILES string of the molecule is CC(CO)CCCNCc1cncc(Br)c1. The Kier molecular flexibility index (Phi) is 6.61. The normalized spacial score (nSPS) is 12.7. The van der Waals surface area contributed by atoms with Crippen LogP contribution < -0.4 is 5.32 Å². The van der Waals surface area contributed by atoms with Gasteiger partial charge in [-0.25, -0.2) is 0 Å². The summed E-state index contributed by atoms with van der Waals surface area (Å²) in [4.78, 5) is 4.10. The lowest BCUT2D eigenvalue weighted by atomic mass is 10.1. The number of hydrogen-bond acceptors (Lipinski definition) is 3. The fourth-order valence-electron chi connectivity index (χ4n) is 1.45. The maximum absolute atomic E-state index is 8.87. The number of hydrogen-bond donors (Lipinski definition) is 2. The van der Waals surface area contributed by atoms with Crippen LogP contribution in [0.5, 0.6) is 0 Å². The molecule has 0 aliphatic rings. The van der Waals surface area contributed by atoms with Crippen molar-refractivity contribution >= 4 is 15.9 Å². The molecule has 0 fully saturated rings. The minimum absolute atomic E-state index is 0.287. The highest BCUT2D eigenvalue weighted by atomic mass is 79.9. The highest BCUT2D eigenvalue weighted by molar-refractivity contribution is 9.10. The van der Waals surface area contributed by atoms with Gasteiger partial charge in [0.1, 0.15) is 0 Å². The Labute approximate surface area is 105 Å². The van der Waals surface area contributed by atoms with Crippen molar-refractivity contribution in [2.75, 3.05) is 13.2 Å². The van der Waals surface area contributed by atoms with Crippen LogP contribution in [0.2, 0.25) is 0 Å². The van der Waals surface area contributed by atoms with Crippen molar-refractivity contribution < 1.29 is 5.11 Å². The molecule has 0 saturated carbocycles. The zero-order valence-corrected chi connectivity index (χ0v) is 11.2. The second-order valence-corrected chi connectivity index (χ2v) is 5.03. The molecule has 0 amide bonds. The average molecular weight is 287 g/mol. The Bertz CT molecular complexity index is 307. The van der Waals surface area contributed by atoms with Crippen LogP contribution in [0, 0.1) is 5.92 Å². The number of aromatic nitrogens is 1. The number of rotatable bonds is 7. The van der Waals surface area contributed by atoms with Gasteiger partial charge in [-0.15, -0.1) is 0 Å². The molecule has 0 aliphatic carbocycles. The summed E-state index contributed by atoms with van der Waals surface area (Å²) in [6.45, 7) is 4.19. The number of halogens is 1. The van der Waals surface area contributed by atoms with Gasteiger partial charge in [-0.1, -0.05) is 6.92 Å². The van der Waals surface area contributed by atoms with Gasteiger partial charge >= 0.3 is 0 Å². The zero-order chi connectivity index (χ0) is 11.8. The molecule has 90 valence electrons. The van der Waals surface area contributed by atoms with Gasteiger partial charge < -0.3 is 10.4 Å². The van der Waals surface area contributed by atoms with Crippen LogP contribution in [0.4, 0.5) is 0 Å². The molecular formula is C12H19BrN2O. The number of aliphatic hydroxyl groups excluding tert-OH is 1. The van der Waals surface area contributed by atoms with Crippen molar-refractivity contribution in [3.05, 3.63) is 28.5 Å². The Balaban J connectivity index is 2.12. The first-order valence-corrected chi connectivity index (χ1v) is 6.42. The molecule has 1 aromatic rings. The lowest BCUT2D eigenvalue weighted by Crippen LogP contribution is -2.16. The first-order valence-electron chi connectivity index (χ1n) is 5.63. The van der Waals surface area contributed by atoms with E-state index in [2.05, 4.69) is 39.2 Å². The van der Waals surface area contributed by atoms with Crippen LogP contribution in [-0.4, -0.2) is 23.2 Å². The second kappa shape index (κ2) is 7.76. The molecule has 16 heavy (non-hydrogen) atoms. The van der Waals surface area contributed by atoms with Gasteiger partial charge in [0, 0.05) is 30.0 Å². The number of aliphatic hydroxyl groups is 1. The summed E-state index contributed by atoms with van der Waals surface area (Å²) in [5.41, 5.74) is 1.18. The second-order valence-electron chi connectivity index (χ2n) is 4.12. The smallest absolute Gasteiger partial charge is 0.0456 e. The van der Waals surface area contributed by atoms with Crippen molar-refractivity contribution in [1.82, 2.24) is 10.3 Å². The maximum Gasteiger partial charge on any atom is 0.0456 e. The monoisotopic (exact) mass is 286 g/mol. The van der Waals surface area contributed by atoms with Crippen molar-refractivity contribution in [2.24, 2.45) is 5.92 Å². The van der Waals surface area contributed by atoms with Crippen LogP contribution in [0.25, 0.3) is 0 Å². The van der Waals surface area contributed by atoms with E-state index in [9.17, 15) is 0 Å². The molecular weight excluding hydrogens is 268 g/mol. The minimum atomic E-state index is 0.287. The van der Waals surface area contributed by atoms with E-state index in [1.165, 1.54) is 5.56 Å². The Morgan fingerprint density at radius 2 is 2.31 bits per heavy atom. The molecule has 0 spiro atoms. The summed E-state index contributed by atoms with van der Waals surface area (Å²) >= 11 is 3.40. The zero-order valence-electron chi connectivity index (χ0n) is 9.62. The summed E-state index contributed by atoms with van der Waals surface area (Å²) in [5.74, 6) is 0.411. The van der Waals surface area contributed by atoms with E-state index in [4.69, 9.17) is 5.11 Å². The van der Waals surface area contributed by atoms with E-state index >= 15 is 0 Å². The standard InChI is InChI=1S/C12H19BrN2O/c1-10(9-16)3-2-4-14-6-11-5-12(13)8-15-7-11/h5,7-8,10,14,16H,2-4,6,9H2,1H3. The summed E-state index contributed by atoms with van der Waals surface area (Å²) < 4.78 is 1.01. The van der Waals surface area contributed by atoms with Crippen LogP contribution >= 0.6 is 15.9 Å². The van der Waals surface area contributed by atoms with Crippen molar-refractivity contribution in [3.63, 3.8) is 0 Å². The van der Waals surface area contributed by atoms with E-state index in [-0.39, 0.29) is 6.61 Å². The first kappa shape index (κ1) is 13.6.